The minimum Gasteiger partial charge on any atom is -0.394 e. The lowest BCUT2D eigenvalue weighted by atomic mass is 10.1. The number of carbonyl (C=O) groups is 1. The number of carbonyl (C=O) groups excluding carboxylic acids is 1. The number of nitrogens with zero attached hydrogens (tertiary/aromatic N) is 2. The standard InChI is InChI=1S/C22H33N5O3S/c1-14(13-28)24-18-12-17(22(5,6)31(30)21(2,3)4)26-19(27-18)15-8-10-16(11-9-15)25-20(29)23-7/h8-12,14,28H,13H2,1-7H3,(H2,23,25,29)(H,24,26,27)/t14-,31?/m0/s1. The number of aromatic nitrogens is 2. The van der Waals surface area contributed by atoms with E-state index in [2.05, 4.69) is 20.9 Å². The first-order valence-electron chi connectivity index (χ1n) is 10.2. The zero-order valence-corrected chi connectivity index (χ0v) is 20.1. The first-order chi connectivity index (χ1) is 14.4. The monoisotopic (exact) mass is 447 g/mol. The number of urea groups is 1. The van der Waals surface area contributed by atoms with Gasteiger partial charge in [-0.2, -0.15) is 0 Å². The number of hydrogen-bond acceptors (Lipinski definition) is 6. The smallest absolute Gasteiger partial charge is 0.318 e. The summed E-state index contributed by atoms with van der Waals surface area (Å²) in [5, 5.41) is 17.8. The molecule has 1 unspecified atom stereocenters. The summed E-state index contributed by atoms with van der Waals surface area (Å²) in [5.74, 6) is 1.02. The van der Waals surface area contributed by atoms with Crippen LogP contribution in [0.3, 0.4) is 0 Å². The van der Waals surface area contributed by atoms with E-state index in [1.165, 1.54) is 0 Å². The summed E-state index contributed by atoms with van der Waals surface area (Å²) >= 11 is 0. The van der Waals surface area contributed by atoms with Gasteiger partial charge in [-0.05, 0) is 65.8 Å². The second kappa shape index (κ2) is 9.74. The van der Waals surface area contributed by atoms with E-state index < -0.39 is 20.3 Å². The molecule has 1 aromatic carbocycles. The molecule has 1 aromatic heterocycles. The Morgan fingerprint density at radius 3 is 2.26 bits per heavy atom. The molecule has 31 heavy (non-hydrogen) atoms. The topological polar surface area (TPSA) is 116 Å². The Bertz CT molecular complexity index is 939. The normalized spacial score (nSPS) is 13.9. The Labute approximate surface area is 186 Å². The van der Waals surface area contributed by atoms with Gasteiger partial charge in [0.05, 0.1) is 17.0 Å². The van der Waals surface area contributed by atoms with Gasteiger partial charge < -0.3 is 21.1 Å². The number of aliphatic hydroxyl groups is 1. The SMILES string of the molecule is CNC(=O)Nc1ccc(-c2nc(N[C@@H](C)CO)cc(C(C)(C)S(=O)C(C)(C)C)n2)cc1. The van der Waals surface area contributed by atoms with Crippen molar-refractivity contribution in [2.45, 2.75) is 57.1 Å². The molecule has 2 atom stereocenters. The van der Waals surface area contributed by atoms with Crippen LogP contribution in [0, 0.1) is 0 Å². The quantitative estimate of drug-likeness (QED) is 0.516. The van der Waals surface area contributed by atoms with Crippen molar-refractivity contribution in [3.63, 3.8) is 0 Å². The zero-order chi connectivity index (χ0) is 23.4. The molecule has 9 heteroatoms. The maximum Gasteiger partial charge on any atom is 0.318 e. The van der Waals surface area contributed by atoms with Crippen molar-refractivity contribution in [3.05, 3.63) is 36.0 Å². The number of nitrogens with one attached hydrogen (secondary N) is 3. The molecule has 8 nitrogen and oxygen atoms in total. The Hall–Kier alpha value is -2.52. The van der Waals surface area contributed by atoms with Crippen LogP contribution in [-0.4, -0.2) is 49.8 Å². The van der Waals surface area contributed by atoms with Crippen LogP contribution in [0.1, 0.15) is 47.2 Å². The molecule has 0 radical (unpaired) electrons. The van der Waals surface area contributed by atoms with E-state index in [0.29, 0.717) is 23.0 Å². The zero-order valence-electron chi connectivity index (χ0n) is 19.2. The van der Waals surface area contributed by atoms with Crippen LogP contribution in [0.25, 0.3) is 11.4 Å². The first-order valence-corrected chi connectivity index (χ1v) is 11.3. The third kappa shape index (κ3) is 6.24. The Morgan fingerprint density at radius 1 is 1.13 bits per heavy atom. The fourth-order valence-corrected chi connectivity index (χ4v) is 4.84. The summed E-state index contributed by atoms with van der Waals surface area (Å²) in [7, 11) is 0.330. The fraction of sp³-hybridized carbons (Fsp3) is 0.500. The average molecular weight is 448 g/mol. The number of aliphatic hydroxyl groups excluding tert-OH is 1. The molecular weight excluding hydrogens is 414 g/mol. The highest BCUT2D eigenvalue weighted by atomic mass is 32.2. The van der Waals surface area contributed by atoms with Crippen LogP contribution in [0.2, 0.25) is 0 Å². The van der Waals surface area contributed by atoms with E-state index in [0.717, 1.165) is 5.56 Å². The van der Waals surface area contributed by atoms with Gasteiger partial charge in [-0.3, -0.25) is 4.21 Å². The predicted octanol–water partition coefficient (Wildman–Crippen LogP) is 3.47. The third-order valence-electron chi connectivity index (χ3n) is 4.66. The van der Waals surface area contributed by atoms with Gasteiger partial charge in [-0.15, -0.1) is 0 Å². The van der Waals surface area contributed by atoms with Gasteiger partial charge in [-0.1, -0.05) is 0 Å². The van der Waals surface area contributed by atoms with E-state index in [4.69, 9.17) is 4.98 Å². The molecule has 4 N–H and O–H groups in total. The highest BCUT2D eigenvalue weighted by Gasteiger charge is 2.37. The van der Waals surface area contributed by atoms with Crippen molar-refractivity contribution < 1.29 is 14.1 Å². The number of amides is 2. The molecule has 0 saturated carbocycles. The molecule has 2 amide bonds. The van der Waals surface area contributed by atoms with Crippen LogP contribution in [0.15, 0.2) is 30.3 Å². The minimum absolute atomic E-state index is 0.0498. The predicted molar refractivity (Wildman–Crippen MR) is 127 cm³/mol. The summed E-state index contributed by atoms with van der Waals surface area (Å²) in [5.41, 5.74) is 2.04. The Balaban J connectivity index is 2.52. The average Bonchev–Trinajstić information content (AvgIpc) is 2.72. The van der Waals surface area contributed by atoms with Gasteiger partial charge in [-0.25, -0.2) is 14.8 Å². The maximum atomic E-state index is 13.2. The Kier molecular flexibility index (Phi) is 7.77. The summed E-state index contributed by atoms with van der Waals surface area (Å²) < 4.78 is 12.1. The highest BCUT2D eigenvalue weighted by molar-refractivity contribution is 7.87. The number of rotatable bonds is 7. The van der Waals surface area contributed by atoms with Gasteiger partial charge in [0.1, 0.15) is 5.82 Å². The van der Waals surface area contributed by atoms with E-state index in [1.54, 1.807) is 25.2 Å². The van der Waals surface area contributed by atoms with Crippen molar-refractivity contribution in [2.75, 3.05) is 24.3 Å². The third-order valence-corrected chi connectivity index (χ3v) is 6.91. The van der Waals surface area contributed by atoms with Gasteiger partial charge >= 0.3 is 6.03 Å². The van der Waals surface area contributed by atoms with Crippen LogP contribution in [0.4, 0.5) is 16.3 Å². The molecule has 0 saturated heterocycles. The molecule has 1 heterocycles. The first kappa shape index (κ1) is 24.7. The fourth-order valence-electron chi connectivity index (χ4n) is 3.01. The van der Waals surface area contributed by atoms with Crippen LogP contribution >= 0.6 is 0 Å². The lowest BCUT2D eigenvalue weighted by Gasteiger charge is -2.32. The van der Waals surface area contributed by atoms with Crippen molar-refractivity contribution >= 4 is 28.3 Å². The van der Waals surface area contributed by atoms with Gasteiger partial charge in [0, 0.05) is 46.0 Å². The van der Waals surface area contributed by atoms with E-state index in [-0.39, 0.29) is 18.7 Å². The van der Waals surface area contributed by atoms with Crippen molar-refractivity contribution in [1.29, 1.82) is 0 Å². The molecule has 0 spiro atoms. The summed E-state index contributed by atoms with van der Waals surface area (Å²) in [6, 6.07) is 8.45. The van der Waals surface area contributed by atoms with Crippen LogP contribution in [0.5, 0.6) is 0 Å². The second-order valence-electron chi connectivity index (χ2n) is 8.86. The van der Waals surface area contributed by atoms with Gasteiger partial charge in [0.15, 0.2) is 5.82 Å². The highest BCUT2D eigenvalue weighted by Crippen LogP contribution is 2.34. The maximum absolute atomic E-state index is 13.2. The van der Waals surface area contributed by atoms with Gasteiger partial charge in [0.2, 0.25) is 0 Å². The number of hydrogen-bond donors (Lipinski definition) is 4. The van der Waals surface area contributed by atoms with Crippen molar-refractivity contribution in [1.82, 2.24) is 15.3 Å². The molecule has 2 aromatic rings. The minimum atomic E-state index is -1.22. The molecule has 170 valence electrons. The van der Waals surface area contributed by atoms with Crippen molar-refractivity contribution in [2.24, 2.45) is 0 Å². The summed E-state index contributed by atoms with van der Waals surface area (Å²) in [4.78, 5) is 20.9. The Morgan fingerprint density at radius 2 is 1.74 bits per heavy atom. The molecule has 0 aliphatic heterocycles. The summed E-state index contributed by atoms with van der Waals surface area (Å²) in [6.45, 7) is 11.4. The van der Waals surface area contributed by atoms with Gasteiger partial charge in [0.25, 0.3) is 0 Å². The molecule has 2 rings (SSSR count). The van der Waals surface area contributed by atoms with Crippen LogP contribution in [-0.2, 0) is 15.5 Å². The van der Waals surface area contributed by atoms with E-state index in [9.17, 15) is 14.1 Å². The molecule has 0 fully saturated rings. The number of benzene rings is 1. The molecule has 0 bridgehead atoms. The lowest BCUT2D eigenvalue weighted by Crippen LogP contribution is -2.37. The van der Waals surface area contributed by atoms with Crippen LogP contribution < -0.4 is 16.0 Å². The number of anilines is 2. The molecular formula is C22H33N5O3S. The second-order valence-corrected chi connectivity index (χ2v) is 11.6. The largest absolute Gasteiger partial charge is 0.394 e. The van der Waals surface area contributed by atoms with E-state index in [1.807, 2.05) is 53.7 Å². The lowest BCUT2D eigenvalue weighted by molar-refractivity contribution is 0.254. The van der Waals surface area contributed by atoms with E-state index >= 15 is 0 Å². The molecule has 0 aliphatic rings. The summed E-state index contributed by atoms with van der Waals surface area (Å²) in [6.07, 6.45) is 0. The molecule has 0 aliphatic carbocycles. The van der Waals surface area contributed by atoms with Crippen molar-refractivity contribution in [3.8, 4) is 11.4 Å².